The quantitative estimate of drug-likeness (QED) is 0.514. The fourth-order valence-electron chi connectivity index (χ4n) is 3.97. The molecular formula is C21H25FN6O4. The maximum absolute atomic E-state index is 14.7. The number of benzene rings is 1. The standard InChI is InChI=1S/C21H25FN6O4/c22-21(20(23)29)8-1-9-27(14-21)16-4-2-15(3-5-16)24-19-17(28(30)31)6-7-18(25-19)26-10-12-32-13-11-26/h2-7H,1,8-14H2,(H2,23,29)(H,24,25). The van der Waals surface area contributed by atoms with Crippen LogP contribution in [-0.2, 0) is 9.53 Å². The lowest BCUT2D eigenvalue weighted by molar-refractivity contribution is -0.384. The number of hydrogen-bond donors (Lipinski definition) is 2. The number of anilines is 4. The number of nitrogens with two attached hydrogens (primary N) is 1. The highest BCUT2D eigenvalue weighted by Gasteiger charge is 2.41. The minimum Gasteiger partial charge on any atom is -0.378 e. The minimum atomic E-state index is -2.04. The molecule has 0 aliphatic carbocycles. The zero-order valence-electron chi connectivity index (χ0n) is 17.5. The smallest absolute Gasteiger partial charge is 0.311 e. The van der Waals surface area contributed by atoms with Crippen molar-refractivity contribution in [2.45, 2.75) is 18.5 Å². The summed E-state index contributed by atoms with van der Waals surface area (Å²) < 4.78 is 20.0. The number of nitrogens with one attached hydrogen (secondary N) is 1. The molecule has 2 aliphatic heterocycles. The summed E-state index contributed by atoms with van der Waals surface area (Å²) in [5.74, 6) is -0.169. The van der Waals surface area contributed by atoms with Crippen molar-refractivity contribution >= 4 is 34.6 Å². The van der Waals surface area contributed by atoms with Crippen LogP contribution < -0.4 is 20.9 Å². The predicted octanol–water partition coefficient (Wildman–Crippen LogP) is 2.36. The SMILES string of the molecule is NC(=O)C1(F)CCCN(c2ccc(Nc3nc(N4CCOCC4)ccc3[N+](=O)[O-])cc2)C1. The van der Waals surface area contributed by atoms with Gasteiger partial charge >= 0.3 is 5.69 Å². The summed E-state index contributed by atoms with van der Waals surface area (Å²) in [5, 5.41) is 14.5. The number of alkyl halides is 1. The number of piperidine rings is 1. The Kier molecular flexibility index (Phi) is 6.08. The van der Waals surface area contributed by atoms with Gasteiger partial charge in [0.05, 0.1) is 24.7 Å². The molecule has 2 aliphatic rings. The van der Waals surface area contributed by atoms with Gasteiger partial charge in [-0.25, -0.2) is 9.37 Å². The van der Waals surface area contributed by atoms with Crippen LogP contribution in [0.5, 0.6) is 0 Å². The average molecular weight is 444 g/mol. The molecule has 1 amide bonds. The molecule has 170 valence electrons. The first-order chi connectivity index (χ1) is 15.4. The molecule has 2 fully saturated rings. The van der Waals surface area contributed by atoms with Gasteiger partial charge in [0.2, 0.25) is 11.5 Å². The zero-order chi connectivity index (χ0) is 22.7. The van der Waals surface area contributed by atoms with Crippen LogP contribution in [0.2, 0.25) is 0 Å². The number of aromatic nitrogens is 1. The topological polar surface area (TPSA) is 127 Å². The van der Waals surface area contributed by atoms with Crippen molar-refractivity contribution in [3.8, 4) is 0 Å². The second kappa shape index (κ2) is 8.95. The van der Waals surface area contributed by atoms with Crippen molar-refractivity contribution in [1.29, 1.82) is 0 Å². The van der Waals surface area contributed by atoms with Crippen LogP contribution in [0.1, 0.15) is 12.8 Å². The molecule has 0 saturated carbocycles. The van der Waals surface area contributed by atoms with E-state index in [4.69, 9.17) is 10.5 Å². The van der Waals surface area contributed by atoms with Crippen molar-refractivity contribution in [2.75, 3.05) is 54.5 Å². The number of nitrogens with zero attached hydrogens (tertiary/aromatic N) is 4. The predicted molar refractivity (Wildman–Crippen MR) is 118 cm³/mol. The van der Waals surface area contributed by atoms with E-state index in [1.54, 1.807) is 35.2 Å². The molecular weight excluding hydrogens is 419 g/mol. The van der Waals surface area contributed by atoms with Crippen LogP contribution >= 0.6 is 0 Å². The molecule has 4 rings (SSSR count). The number of nitro groups is 1. The lowest BCUT2D eigenvalue weighted by Gasteiger charge is -2.36. The number of morpholine rings is 1. The molecule has 3 heterocycles. The molecule has 0 bridgehead atoms. The molecule has 0 spiro atoms. The van der Waals surface area contributed by atoms with Gasteiger partial charge in [-0.2, -0.15) is 0 Å². The first-order valence-corrected chi connectivity index (χ1v) is 10.4. The van der Waals surface area contributed by atoms with Crippen molar-refractivity contribution < 1.29 is 18.8 Å². The fourth-order valence-corrected chi connectivity index (χ4v) is 3.97. The summed E-state index contributed by atoms with van der Waals surface area (Å²) in [6, 6.07) is 10.1. The van der Waals surface area contributed by atoms with Crippen LogP contribution in [-0.4, -0.2) is 60.9 Å². The number of carbonyl (C=O) groups excluding carboxylic acids is 1. The van der Waals surface area contributed by atoms with E-state index in [-0.39, 0.29) is 24.5 Å². The van der Waals surface area contributed by atoms with Crippen LogP contribution in [0.3, 0.4) is 0 Å². The summed E-state index contributed by atoms with van der Waals surface area (Å²) in [5.41, 5.74) is 4.40. The van der Waals surface area contributed by atoms with Crippen molar-refractivity contribution in [2.24, 2.45) is 5.73 Å². The highest BCUT2D eigenvalue weighted by atomic mass is 19.1. The second-order valence-electron chi connectivity index (χ2n) is 7.92. The van der Waals surface area contributed by atoms with Gasteiger partial charge in [0.25, 0.3) is 5.91 Å². The summed E-state index contributed by atoms with van der Waals surface area (Å²) in [6.45, 7) is 3.00. The summed E-state index contributed by atoms with van der Waals surface area (Å²) in [7, 11) is 0. The number of halogens is 1. The van der Waals surface area contributed by atoms with Crippen molar-refractivity contribution in [1.82, 2.24) is 4.98 Å². The van der Waals surface area contributed by atoms with E-state index in [1.807, 2.05) is 4.90 Å². The van der Waals surface area contributed by atoms with Gasteiger partial charge < -0.3 is 25.6 Å². The summed E-state index contributed by atoms with van der Waals surface area (Å²) in [4.78, 5) is 30.7. The Morgan fingerprint density at radius 3 is 2.53 bits per heavy atom. The lowest BCUT2D eigenvalue weighted by atomic mass is 9.93. The number of amides is 1. The number of carbonyl (C=O) groups is 1. The maximum Gasteiger partial charge on any atom is 0.311 e. The Hall–Kier alpha value is -3.47. The van der Waals surface area contributed by atoms with Crippen LogP contribution in [0.4, 0.5) is 33.1 Å². The Bertz CT molecular complexity index is 998. The molecule has 2 aromatic rings. The van der Waals surface area contributed by atoms with Crippen LogP contribution in [0, 0.1) is 10.1 Å². The third-order valence-corrected chi connectivity index (χ3v) is 5.77. The number of hydrogen-bond acceptors (Lipinski definition) is 8. The normalized spacial score (nSPS) is 21.3. The summed E-state index contributed by atoms with van der Waals surface area (Å²) in [6.07, 6.45) is 0.636. The molecule has 1 atom stereocenters. The Morgan fingerprint density at radius 1 is 1.16 bits per heavy atom. The average Bonchev–Trinajstić information content (AvgIpc) is 2.80. The monoisotopic (exact) mass is 444 g/mol. The first kappa shape index (κ1) is 21.8. The van der Waals surface area contributed by atoms with E-state index in [0.29, 0.717) is 50.8 Å². The minimum absolute atomic E-state index is 0.0935. The van der Waals surface area contributed by atoms with E-state index >= 15 is 0 Å². The molecule has 0 radical (unpaired) electrons. The van der Waals surface area contributed by atoms with Gasteiger partial charge in [0.15, 0.2) is 0 Å². The number of pyridine rings is 1. The Labute approximate surface area is 184 Å². The highest BCUT2D eigenvalue weighted by Crippen LogP contribution is 2.32. The van der Waals surface area contributed by atoms with Gasteiger partial charge in [-0.3, -0.25) is 14.9 Å². The molecule has 2 saturated heterocycles. The van der Waals surface area contributed by atoms with Crippen molar-refractivity contribution in [3.05, 3.63) is 46.5 Å². The second-order valence-corrected chi connectivity index (χ2v) is 7.92. The van der Waals surface area contributed by atoms with Gasteiger partial charge in [-0.1, -0.05) is 0 Å². The largest absolute Gasteiger partial charge is 0.378 e. The molecule has 11 heteroatoms. The molecule has 3 N–H and O–H groups in total. The number of ether oxygens (including phenoxy) is 1. The van der Waals surface area contributed by atoms with Gasteiger partial charge in [0, 0.05) is 37.1 Å². The van der Waals surface area contributed by atoms with Crippen LogP contribution in [0.25, 0.3) is 0 Å². The third-order valence-electron chi connectivity index (χ3n) is 5.77. The van der Waals surface area contributed by atoms with E-state index in [1.165, 1.54) is 6.07 Å². The van der Waals surface area contributed by atoms with E-state index in [0.717, 1.165) is 5.69 Å². The lowest BCUT2D eigenvalue weighted by Crippen LogP contribution is -2.53. The maximum atomic E-state index is 14.7. The molecule has 10 nitrogen and oxygen atoms in total. The number of rotatable bonds is 6. The first-order valence-electron chi connectivity index (χ1n) is 10.4. The molecule has 32 heavy (non-hydrogen) atoms. The number of primary amides is 1. The van der Waals surface area contributed by atoms with Gasteiger partial charge in [-0.05, 0) is 43.2 Å². The third kappa shape index (κ3) is 4.57. The van der Waals surface area contributed by atoms with Gasteiger partial charge in [-0.15, -0.1) is 0 Å². The van der Waals surface area contributed by atoms with Crippen LogP contribution in [0.15, 0.2) is 36.4 Å². The van der Waals surface area contributed by atoms with Gasteiger partial charge in [0.1, 0.15) is 5.82 Å². The van der Waals surface area contributed by atoms with E-state index in [9.17, 15) is 19.3 Å². The van der Waals surface area contributed by atoms with E-state index < -0.39 is 16.5 Å². The summed E-state index contributed by atoms with van der Waals surface area (Å²) >= 11 is 0. The highest BCUT2D eigenvalue weighted by molar-refractivity contribution is 5.84. The zero-order valence-corrected chi connectivity index (χ0v) is 17.5. The van der Waals surface area contributed by atoms with Crippen molar-refractivity contribution in [3.63, 3.8) is 0 Å². The molecule has 1 aromatic carbocycles. The Morgan fingerprint density at radius 2 is 1.88 bits per heavy atom. The molecule has 1 aromatic heterocycles. The van der Waals surface area contributed by atoms with E-state index in [2.05, 4.69) is 10.3 Å². The fraction of sp³-hybridized carbons (Fsp3) is 0.429. The Balaban J connectivity index is 1.52. The molecule has 1 unspecified atom stereocenters.